The molecule has 0 spiro atoms. The minimum absolute atomic E-state index is 0.0749. The molecule has 0 aliphatic carbocycles. The second-order valence-electron chi connectivity index (χ2n) is 9.15. The maximum absolute atomic E-state index is 10.3. The fourth-order valence-electron chi connectivity index (χ4n) is 4.40. The van der Waals surface area contributed by atoms with Crippen LogP contribution in [-0.2, 0) is 0 Å². The quantitative estimate of drug-likeness (QED) is 0.221. The number of hydrogen-bond donors (Lipinski definition) is 2. The van der Waals surface area contributed by atoms with Crippen LogP contribution in [-0.4, -0.2) is 52.5 Å². The lowest BCUT2D eigenvalue weighted by Gasteiger charge is -2.30. The summed E-state index contributed by atoms with van der Waals surface area (Å²) in [5, 5.41) is 23.7. The molecule has 2 aliphatic rings. The van der Waals surface area contributed by atoms with Crippen molar-refractivity contribution in [2.45, 2.75) is 38.5 Å². The predicted octanol–water partition coefficient (Wildman–Crippen LogP) is 6.07. The molecule has 3 heterocycles. The van der Waals surface area contributed by atoms with Gasteiger partial charge < -0.3 is 14.9 Å². The number of nitrogens with one attached hydrogen (secondary N) is 1. The molecule has 37 heavy (non-hydrogen) atoms. The van der Waals surface area contributed by atoms with Crippen LogP contribution >= 0.6 is 11.6 Å². The number of rotatable bonds is 7. The lowest BCUT2D eigenvalue weighted by atomic mass is 10.1. The van der Waals surface area contributed by atoms with Gasteiger partial charge in [0.1, 0.15) is 5.75 Å². The van der Waals surface area contributed by atoms with Crippen molar-refractivity contribution in [2.24, 2.45) is 15.3 Å². The molecule has 0 atom stereocenters. The number of aromatic nitrogens is 3. The Morgan fingerprint density at radius 2 is 1.41 bits per heavy atom. The highest BCUT2D eigenvalue weighted by atomic mass is 35.5. The number of phenols is 1. The van der Waals surface area contributed by atoms with E-state index in [1.807, 2.05) is 12.1 Å². The third-order valence-electron chi connectivity index (χ3n) is 6.36. The summed E-state index contributed by atoms with van der Waals surface area (Å²) in [6, 6.07) is 12.1. The Labute approximate surface area is 221 Å². The van der Waals surface area contributed by atoms with E-state index in [1.54, 1.807) is 30.3 Å². The molecule has 11 heteroatoms. The first kappa shape index (κ1) is 24.9. The third-order valence-corrected chi connectivity index (χ3v) is 6.59. The van der Waals surface area contributed by atoms with Crippen molar-refractivity contribution in [1.82, 2.24) is 15.0 Å². The zero-order valence-corrected chi connectivity index (χ0v) is 21.3. The van der Waals surface area contributed by atoms with E-state index >= 15 is 0 Å². The van der Waals surface area contributed by atoms with E-state index in [4.69, 9.17) is 16.6 Å². The smallest absolute Gasteiger partial charge is 0.250 e. The number of azo groups is 1. The molecule has 0 bridgehead atoms. The van der Waals surface area contributed by atoms with Gasteiger partial charge in [0.05, 0.1) is 17.6 Å². The summed E-state index contributed by atoms with van der Waals surface area (Å²) >= 11 is 6.01. The highest BCUT2D eigenvalue weighted by Gasteiger charge is 2.20. The highest BCUT2D eigenvalue weighted by molar-refractivity contribution is 6.30. The monoisotopic (exact) mass is 519 g/mol. The molecule has 0 amide bonds. The van der Waals surface area contributed by atoms with Crippen LogP contribution in [0.15, 0.2) is 57.8 Å². The summed E-state index contributed by atoms with van der Waals surface area (Å²) in [5.74, 6) is 1.81. The molecular weight excluding hydrogens is 490 g/mol. The van der Waals surface area contributed by atoms with E-state index in [9.17, 15) is 5.11 Å². The van der Waals surface area contributed by atoms with Gasteiger partial charge in [-0.1, -0.05) is 17.7 Å². The number of aromatic hydroxyl groups is 1. The maximum Gasteiger partial charge on any atom is 0.250 e. The number of phenolic OH excluding ortho intramolecular Hbond substituents is 1. The van der Waals surface area contributed by atoms with Gasteiger partial charge >= 0.3 is 0 Å². The van der Waals surface area contributed by atoms with E-state index in [1.165, 1.54) is 19.1 Å². The van der Waals surface area contributed by atoms with Crippen LogP contribution in [0.3, 0.4) is 0 Å². The van der Waals surface area contributed by atoms with E-state index in [0.717, 1.165) is 51.9 Å². The van der Waals surface area contributed by atoms with Crippen molar-refractivity contribution < 1.29 is 5.11 Å². The van der Waals surface area contributed by atoms with Gasteiger partial charge in [-0.05, 0) is 74.9 Å². The number of anilines is 3. The van der Waals surface area contributed by atoms with Crippen LogP contribution in [0, 0.1) is 0 Å². The van der Waals surface area contributed by atoms with Crippen LogP contribution < -0.4 is 15.2 Å². The number of benzene rings is 2. The van der Waals surface area contributed by atoms with Gasteiger partial charge in [-0.15, -0.1) is 0 Å². The lowest BCUT2D eigenvalue weighted by molar-refractivity contribution is 0.474. The summed E-state index contributed by atoms with van der Waals surface area (Å²) in [6.45, 7) is 3.76. The Balaban J connectivity index is 1.33. The zero-order chi connectivity index (χ0) is 25.5. The molecule has 5 rings (SSSR count). The maximum atomic E-state index is 10.3. The summed E-state index contributed by atoms with van der Waals surface area (Å²) in [7, 11) is 0. The third kappa shape index (κ3) is 6.71. The second kappa shape index (κ2) is 12.0. The van der Waals surface area contributed by atoms with Crippen LogP contribution in [0.5, 0.6) is 5.75 Å². The molecule has 0 saturated carbocycles. The van der Waals surface area contributed by atoms with Crippen molar-refractivity contribution in [3.63, 3.8) is 0 Å². The van der Waals surface area contributed by atoms with Crippen LogP contribution in [0.25, 0.3) is 0 Å². The topological polar surface area (TPSA) is 114 Å². The average molecular weight is 520 g/mol. The molecule has 2 aliphatic heterocycles. The second-order valence-corrected chi connectivity index (χ2v) is 9.58. The molecule has 10 nitrogen and oxygen atoms in total. The normalized spacial score (nSPS) is 16.6. The Hall–Kier alpha value is -3.79. The SMILES string of the molecule is Oc1ccc(N=Nc2cccc(Cl)c2)cc1/C=N\Nc1nc(N2CCCCC2)nc(N2CCCCC2)n1. The number of nitrogens with zero attached hydrogens (tertiary/aromatic N) is 8. The van der Waals surface area contributed by atoms with Crippen LogP contribution in [0.4, 0.5) is 29.2 Å². The van der Waals surface area contributed by atoms with Gasteiger partial charge in [0.2, 0.25) is 17.8 Å². The molecule has 0 unspecified atom stereocenters. The minimum Gasteiger partial charge on any atom is -0.507 e. The van der Waals surface area contributed by atoms with E-state index in [0.29, 0.717) is 39.8 Å². The standard InChI is InChI=1S/C26H30ClN9O/c27-20-8-7-9-21(17-20)32-33-22-10-11-23(37)19(16-22)18-28-34-24-29-25(35-12-3-1-4-13-35)31-26(30-24)36-14-5-2-6-15-36/h7-11,16-18,37H,1-6,12-15H2,(H,29,30,31,34)/b28-18-,33-32?. The van der Waals surface area contributed by atoms with E-state index in [-0.39, 0.29) is 5.75 Å². The first-order valence-electron chi connectivity index (χ1n) is 12.7. The first-order valence-corrected chi connectivity index (χ1v) is 13.1. The molecule has 192 valence electrons. The number of hydrazone groups is 1. The first-order chi connectivity index (χ1) is 18.1. The summed E-state index contributed by atoms with van der Waals surface area (Å²) in [6.07, 6.45) is 8.52. The summed E-state index contributed by atoms with van der Waals surface area (Å²) in [5.41, 5.74) is 4.63. The van der Waals surface area contributed by atoms with E-state index in [2.05, 4.69) is 40.5 Å². The highest BCUT2D eigenvalue weighted by Crippen LogP contribution is 2.26. The van der Waals surface area contributed by atoms with Crippen molar-refractivity contribution >= 4 is 47.0 Å². The minimum atomic E-state index is 0.0749. The fourth-order valence-corrected chi connectivity index (χ4v) is 4.58. The van der Waals surface area contributed by atoms with Gasteiger partial charge in [-0.3, -0.25) is 0 Å². The Kier molecular flexibility index (Phi) is 8.05. The van der Waals surface area contributed by atoms with Gasteiger partial charge in [-0.2, -0.15) is 30.3 Å². The van der Waals surface area contributed by atoms with Crippen LogP contribution in [0.1, 0.15) is 44.1 Å². The molecule has 2 fully saturated rings. The largest absolute Gasteiger partial charge is 0.507 e. The molecule has 2 saturated heterocycles. The van der Waals surface area contributed by atoms with Gasteiger partial charge in [-0.25, -0.2) is 5.43 Å². The zero-order valence-electron chi connectivity index (χ0n) is 20.6. The van der Waals surface area contributed by atoms with Crippen molar-refractivity contribution in [3.8, 4) is 5.75 Å². The van der Waals surface area contributed by atoms with Crippen molar-refractivity contribution in [3.05, 3.63) is 53.1 Å². The molecular formula is C26H30ClN9O. The average Bonchev–Trinajstić information content (AvgIpc) is 2.94. The Morgan fingerprint density at radius 1 is 0.784 bits per heavy atom. The fraction of sp³-hybridized carbons (Fsp3) is 0.385. The van der Waals surface area contributed by atoms with Gasteiger partial charge in [0.15, 0.2) is 0 Å². The Bertz CT molecular complexity index is 1230. The number of piperidine rings is 2. The predicted molar refractivity (Wildman–Crippen MR) is 147 cm³/mol. The van der Waals surface area contributed by atoms with Crippen molar-refractivity contribution in [1.29, 1.82) is 0 Å². The Morgan fingerprint density at radius 3 is 2.03 bits per heavy atom. The molecule has 3 aromatic rings. The number of halogens is 1. The summed E-state index contributed by atoms with van der Waals surface area (Å²) < 4.78 is 0. The molecule has 2 N–H and O–H groups in total. The lowest BCUT2D eigenvalue weighted by Crippen LogP contribution is -2.34. The summed E-state index contributed by atoms with van der Waals surface area (Å²) in [4.78, 5) is 18.5. The number of hydrogen-bond acceptors (Lipinski definition) is 10. The van der Waals surface area contributed by atoms with Gasteiger partial charge in [0, 0.05) is 36.8 Å². The molecule has 0 radical (unpaired) electrons. The van der Waals surface area contributed by atoms with Crippen LogP contribution in [0.2, 0.25) is 5.02 Å². The van der Waals surface area contributed by atoms with E-state index < -0.39 is 0 Å². The molecule has 2 aromatic carbocycles. The van der Waals surface area contributed by atoms with Gasteiger partial charge in [0.25, 0.3) is 0 Å². The van der Waals surface area contributed by atoms with Crippen molar-refractivity contribution in [2.75, 3.05) is 41.4 Å². The molecule has 1 aromatic heterocycles.